The van der Waals surface area contributed by atoms with Crippen LogP contribution >= 0.6 is 0 Å². The molecule has 124 valence electrons. The first-order chi connectivity index (χ1) is 10.5. The van der Waals surface area contributed by atoms with Crippen LogP contribution in [0.4, 0.5) is 0 Å². The van der Waals surface area contributed by atoms with Gasteiger partial charge in [-0.2, -0.15) is 0 Å². The molecule has 0 aromatic carbocycles. The van der Waals surface area contributed by atoms with E-state index in [2.05, 4.69) is 13.8 Å². The summed E-state index contributed by atoms with van der Waals surface area (Å²) in [7, 11) is 0. The lowest BCUT2D eigenvalue weighted by Crippen LogP contribution is -2.53. The van der Waals surface area contributed by atoms with Crippen LogP contribution < -0.4 is 0 Å². The van der Waals surface area contributed by atoms with Gasteiger partial charge >= 0.3 is 0 Å². The smallest absolute Gasteiger partial charge is 0.133 e. The van der Waals surface area contributed by atoms with E-state index >= 15 is 0 Å². The molecule has 0 N–H and O–H groups in total. The van der Waals surface area contributed by atoms with Gasteiger partial charge in [0, 0.05) is 5.92 Å². The normalized spacial score (nSPS) is 54.2. The van der Waals surface area contributed by atoms with Gasteiger partial charge in [-0.3, -0.25) is 4.79 Å². The van der Waals surface area contributed by atoms with E-state index in [4.69, 9.17) is 0 Å². The standard InChI is InChI=1S/C21H34O/c1-14(22)17-9-10-18-16-8-7-15-6-4-5-12-20(15,2)19(16)11-13-21(17,18)3/h15-19H,4-13H2,1-3H3/t15-,16+,17-,18+,19+,20+,21-/m1/s1. The second-order valence-electron chi connectivity index (χ2n) is 9.69. The molecule has 0 spiro atoms. The fourth-order valence-electron chi connectivity index (χ4n) is 7.96. The zero-order chi connectivity index (χ0) is 15.5. The van der Waals surface area contributed by atoms with Crippen LogP contribution in [-0.4, -0.2) is 5.78 Å². The molecule has 4 saturated carbocycles. The molecule has 4 rings (SSSR count). The van der Waals surface area contributed by atoms with Gasteiger partial charge in [0.2, 0.25) is 0 Å². The van der Waals surface area contributed by atoms with Crippen LogP contribution in [0.15, 0.2) is 0 Å². The molecule has 4 fully saturated rings. The van der Waals surface area contributed by atoms with Crippen molar-refractivity contribution in [3.8, 4) is 0 Å². The van der Waals surface area contributed by atoms with Crippen molar-refractivity contribution in [2.24, 2.45) is 40.4 Å². The molecule has 0 bridgehead atoms. The number of carbonyl (C=O) groups excluding carboxylic acids is 1. The van der Waals surface area contributed by atoms with Gasteiger partial charge < -0.3 is 0 Å². The largest absolute Gasteiger partial charge is 0.300 e. The summed E-state index contributed by atoms with van der Waals surface area (Å²) in [6, 6.07) is 0. The van der Waals surface area contributed by atoms with Crippen LogP contribution in [0.2, 0.25) is 0 Å². The summed E-state index contributed by atoms with van der Waals surface area (Å²) in [5.41, 5.74) is 0.974. The van der Waals surface area contributed by atoms with Gasteiger partial charge in [-0.1, -0.05) is 26.7 Å². The van der Waals surface area contributed by atoms with Crippen LogP contribution in [0, 0.1) is 40.4 Å². The molecule has 0 saturated heterocycles. The Labute approximate surface area is 136 Å². The first kappa shape index (κ1) is 15.2. The molecule has 0 radical (unpaired) electrons. The number of carbonyl (C=O) groups is 1. The van der Waals surface area contributed by atoms with Crippen LogP contribution in [0.1, 0.15) is 85.0 Å². The number of ketones is 1. The highest BCUT2D eigenvalue weighted by atomic mass is 16.1. The molecule has 0 heterocycles. The molecule has 0 unspecified atom stereocenters. The third-order valence-electron chi connectivity index (χ3n) is 9.07. The molecule has 0 aromatic heterocycles. The van der Waals surface area contributed by atoms with E-state index in [-0.39, 0.29) is 0 Å². The predicted molar refractivity (Wildman–Crippen MR) is 90.5 cm³/mol. The summed E-state index contributed by atoms with van der Waals surface area (Å²) >= 11 is 0. The second-order valence-corrected chi connectivity index (χ2v) is 9.69. The SMILES string of the molecule is CC(=O)[C@H]1CC[C@H]2[C@@H]3CC[C@H]4CCCC[C@]4(C)[C@H]3CC[C@]12C. The summed E-state index contributed by atoms with van der Waals surface area (Å²) < 4.78 is 0. The Morgan fingerprint density at radius 1 is 0.818 bits per heavy atom. The Bertz CT molecular complexity index is 469. The fraction of sp³-hybridized carbons (Fsp3) is 0.952. The molecule has 4 aliphatic rings. The highest BCUT2D eigenvalue weighted by molar-refractivity contribution is 5.79. The number of hydrogen-bond donors (Lipinski definition) is 0. The molecule has 1 heteroatoms. The fourth-order valence-corrected chi connectivity index (χ4v) is 7.96. The lowest BCUT2D eigenvalue weighted by molar-refractivity contribution is -0.133. The monoisotopic (exact) mass is 302 g/mol. The minimum atomic E-state index is 0.338. The van der Waals surface area contributed by atoms with Crippen molar-refractivity contribution in [3.05, 3.63) is 0 Å². The van der Waals surface area contributed by atoms with Crippen molar-refractivity contribution in [3.63, 3.8) is 0 Å². The maximum absolute atomic E-state index is 12.2. The summed E-state index contributed by atoms with van der Waals surface area (Å²) in [5.74, 6) is 4.60. The van der Waals surface area contributed by atoms with Crippen LogP contribution in [0.25, 0.3) is 0 Å². The minimum Gasteiger partial charge on any atom is -0.300 e. The number of rotatable bonds is 1. The maximum Gasteiger partial charge on any atom is 0.133 e. The van der Waals surface area contributed by atoms with Gasteiger partial charge in [-0.05, 0) is 92.8 Å². The van der Waals surface area contributed by atoms with Crippen molar-refractivity contribution in [2.45, 2.75) is 85.0 Å². The summed E-state index contributed by atoms with van der Waals surface area (Å²) in [6.07, 6.45) is 14.1. The topological polar surface area (TPSA) is 17.1 Å². The Hall–Kier alpha value is -0.330. The molecule has 1 nitrogen and oxygen atoms in total. The Morgan fingerprint density at radius 2 is 1.59 bits per heavy atom. The van der Waals surface area contributed by atoms with E-state index in [0.29, 0.717) is 22.5 Å². The lowest BCUT2D eigenvalue weighted by atomic mass is 9.45. The van der Waals surface area contributed by atoms with Gasteiger partial charge in [0.1, 0.15) is 5.78 Å². The molecule has 7 atom stereocenters. The summed E-state index contributed by atoms with van der Waals surface area (Å²) in [4.78, 5) is 12.2. The highest BCUT2D eigenvalue weighted by Crippen LogP contribution is 2.67. The third-order valence-corrected chi connectivity index (χ3v) is 9.07. The highest BCUT2D eigenvalue weighted by Gasteiger charge is 2.60. The van der Waals surface area contributed by atoms with Gasteiger partial charge in [0.25, 0.3) is 0 Å². The molecular formula is C21H34O. The van der Waals surface area contributed by atoms with Crippen LogP contribution in [-0.2, 0) is 4.79 Å². The number of hydrogen-bond acceptors (Lipinski definition) is 1. The van der Waals surface area contributed by atoms with Gasteiger partial charge in [0.05, 0.1) is 0 Å². The first-order valence-corrected chi connectivity index (χ1v) is 9.97. The molecule has 0 amide bonds. The quantitative estimate of drug-likeness (QED) is 0.614. The van der Waals surface area contributed by atoms with Crippen molar-refractivity contribution < 1.29 is 4.79 Å². The van der Waals surface area contributed by atoms with E-state index in [1.54, 1.807) is 0 Å². The summed E-state index contributed by atoms with van der Waals surface area (Å²) in [6.45, 7) is 6.97. The third kappa shape index (κ3) is 1.93. The predicted octanol–water partition coefficient (Wildman–Crippen LogP) is 5.62. The van der Waals surface area contributed by atoms with Crippen LogP contribution in [0.5, 0.6) is 0 Å². The van der Waals surface area contributed by atoms with E-state index in [9.17, 15) is 4.79 Å². The number of Topliss-reactive ketones (excluding diaryl/α,β-unsaturated/α-hetero) is 1. The van der Waals surface area contributed by atoms with Crippen molar-refractivity contribution in [2.75, 3.05) is 0 Å². The van der Waals surface area contributed by atoms with E-state index < -0.39 is 0 Å². The molecule has 0 aromatic rings. The van der Waals surface area contributed by atoms with Crippen LogP contribution in [0.3, 0.4) is 0 Å². The Morgan fingerprint density at radius 3 is 2.36 bits per heavy atom. The zero-order valence-electron chi connectivity index (χ0n) is 14.9. The van der Waals surface area contributed by atoms with Crippen molar-refractivity contribution in [1.82, 2.24) is 0 Å². The Kier molecular flexibility index (Phi) is 3.51. The molecule has 22 heavy (non-hydrogen) atoms. The van der Waals surface area contributed by atoms with E-state index in [1.807, 2.05) is 6.92 Å². The average Bonchev–Trinajstić information content (AvgIpc) is 2.84. The minimum absolute atomic E-state index is 0.338. The molecule has 0 aliphatic heterocycles. The van der Waals surface area contributed by atoms with Crippen molar-refractivity contribution >= 4 is 5.78 Å². The zero-order valence-corrected chi connectivity index (χ0v) is 14.9. The molecule has 4 aliphatic carbocycles. The maximum atomic E-state index is 12.2. The summed E-state index contributed by atoms with van der Waals surface area (Å²) in [5, 5.41) is 0. The van der Waals surface area contributed by atoms with Gasteiger partial charge in [-0.25, -0.2) is 0 Å². The number of fused-ring (bicyclic) bond motifs is 5. The second kappa shape index (κ2) is 5.08. The van der Waals surface area contributed by atoms with E-state index in [1.165, 1.54) is 64.2 Å². The molecular weight excluding hydrogens is 268 g/mol. The lowest BCUT2D eigenvalue weighted by Gasteiger charge is -2.60. The van der Waals surface area contributed by atoms with Crippen molar-refractivity contribution in [1.29, 1.82) is 0 Å². The van der Waals surface area contributed by atoms with Gasteiger partial charge in [-0.15, -0.1) is 0 Å². The first-order valence-electron chi connectivity index (χ1n) is 9.97. The van der Waals surface area contributed by atoms with E-state index in [0.717, 1.165) is 23.7 Å². The Balaban J connectivity index is 1.63. The average molecular weight is 303 g/mol. The van der Waals surface area contributed by atoms with Gasteiger partial charge in [0.15, 0.2) is 0 Å².